The van der Waals surface area contributed by atoms with Gasteiger partial charge in [0.2, 0.25) is 11.8 Å². The molecule has 1 aromatic carbocycles. The molecule has 2 saturated heterocycles. The number of amides is 2. The Hall–Kier alpha value is -2.12. The summed E-state index contributed by atoms with van der Waals surface area (Å²) < 4.78 is 5.37. The van der Waals surface area contributed by atoms with Crippen LogP contribution < -0.4 is 10.6 Å². The molecule has 0 unspecified atom stereocenters. The number of hydrogen-bond donors (Lipinski definition) is 2. The predicted molar refractivity (Wildman–Crippen MR) is 99.1 cm³/mol. The molecule has 0 saturated carbocycles. The smallest absolute Gasteiger partial charge is 0.250 e. The van der Waals surface area contributed by atoms with Crippen molar-refractivity contribution in [1.29, 1.82) is 0 Å². The number of morpholine rings is 1. The molecule has 0 aromatic heterocycles. The summed E-state index contributed by atoms with van der Waals surface area (Å²) in [5.41, 5.74) is 1.16. The summed E-state index contributed by atoms with van der Waals surface area (Å²) >= 11 is 0. The van der Waals surface area contributed by atoms with Gasteiger partial charge < -0.3 is 20.3 Å². The monoisotopic (exact) mass is 358 g/mol. The van der Waals surface area contributed by atoms with E-state index in [1.165, 1.54) is 0 Å². The Morgan fingerprint density at radius 3 is 2.46 bits per heavy atom. The first-order valence-electron chi connectivity index (χ1n) is 9.38. The Balaban J connectivity index is 1.41. The first-order valence-corrected chi connectivity index (χ1v) is 9.38. The summed E-state index contributed by atoms with van der Waals surface area (Å²) in [7, 11) is 0. The van der Waals surface area contributed by atoms with Crippen LogP contribution >= 0.6 is 0 Å². The summed E-state index contributed by atoms with van der Waals surface area (Å²) in [6.45, 7) is 6.12. The fourth-order valence-corrected chi connectivity index (χ4v) is 4.10. The lowest BCUT2D eigenvalue weighted by Gasteiger charge is -2.45. The van der Waals surface area contributed by atoms with Gasteiger partial charge in [0.15, 0.2) is 0 Å². The first-order chi connectivity index (χ1) is 12.6. The maximum Gasteiger partial charge on any atom is 0.250 e. The fourth-order valence-electron chi connectivity index (χ4n) is 4.10. The van der Waals surface area contributed by atoms with E-state index < -0.39 is 5.54 Å². The second-order valence-corrected chi connectivity index (χ2v) is 7.36. The van der Waals surface area contributed by atoms with Crippen LogP contribution in [-0.4, -0.2) is 72.6 Å². The highest BCUT2D eigenvalue weighted by atomic mass is 16.5. The van der Waals surface area contributed by atoms with Crippen molar-refractivity contribution in [3.63, 3.8) is 0 Å². The highest BCUT2D eigenvalue weighted by Gasteiger charge is 2.45. The van der Waals surface area contributed by atoms with Crippen molar-refractivity contribution in [2.45, 2.75) is 31.3 Å². The lowest BCUT2D eigenvalue weighted by Crippen LogP contribution is -2.60. The van der Waals surface area contributed by atoms with Crippen LogP contribution in [0.5, 0.6) is 0 Å². The van der Waals surface area contributed by atoms with Crippen LogP contribution in [0, 0.1) is 0 Å². The second-order valence-electron chi connectivity index (χ2n) is 7.36. The van der Waals surface area contributed by atoms with E-state index in [1.54, 1.807) is 0 Å². The number of nitrogens with one attached hydrogen (secondary N) is 2. The van der Waals surface area contributed by atoms with Gasteiger partial charge in [-0.2, -0.15) is 0 Å². The van der Waals surface area contributed by atoms with Gasteiger partial charge in [0, 0.05) is 26.2 Å². The molecule has 7 heteroatoms. The average Bonchev–Trinajstić information content (AvgIpc) is 2.69. The number of nitrogens with zero attached hydrogens (tertiary/aromatic N) is 2. The number of piperidine rings is 1. The van der Waals surface area contributed by atoms with E-state index in [0.717, 1.165) is 24.5 Å². The van der Waals surface area contributed by atoms with Crippen LogP contribution in [0.15, 0.2) is 24.3 Å². The summed E-state index contributed by atoms with van der Waals surface area (Å²) in [4.78, 5) is 29.6. The van der Waals surface area contributed by atoms with E-state index in [-0.39, 0.29) is 17.9 Å². The fraction of sp³-hybridized carbons (Fsp3) is 0.579. The number of benzene rings is 1. The number of hydrogen-bond acceptors (Lipinski definition) is 5. The molecule has 7 nitrogen and oxygen atoms in total. The van der Waals surface area contributed by atoms with Gasteiger partial charge in [0.05, 0.1) is 30.6 Å². The van der Waals surface area contributed by atoms with E-state index in [9.17, 15) is 9.59 Å². The number of para-hydroxylation sites is 2. The number of likely N-dealkylation sites (tertiary alicyclic amines) is 1. The highest BCUT2D eigenvalue weighted by molar-refractivity contribution is 6.06. The van der Waals surface area contributed by atoms with Crippen LogP contribution in [0.2, 0.25) is 0 Å². The molecule has 0 bridgehead atoms. The Kier molecular flexibility index (Phi) is 4.58. The molecule has 3 aliphatic rings. The topological polar surface area (TPSA) is 73.9 Å². The van der Waals surface area contributed by atoms with E-state index in [2.05, 4.69) is 15.5 Å². The third-order valence-electron chi connectivity index (χ3n) is 5.86. The molecule has 2 amide bonds. The molecular weight excluding hydrogens is 332 g/mol. The van der Waals surface area contributed by atoms with Gasteiger partial charge in [0.25, 0.3) is 0 Å². The standard InChI is InChI=1S/C19H26N4O3/c1-14(22-10-12-26-13-11-22)17(24)23-8-6-19(7-9-23)18(25)20-15-4-2-3-5-16(15)21-19/h2-5,14,21H,6-13H2,1H3,(H,20,25)/t14-/m1/s1. The number of rotatable bonds is 2. The molecule has 3 aliphatic heterocycles. The molecule has 140 valence electrons. The van der Waals surface area contributed by atoms with E-state index in [0.29, 0.717) is 39.1 Å². The van der Waals surface area contributed by atoms with Crippen molar-refractivity contribution in [3.8, 4) is 0 Å². The number of carbonyl (C=O) groups is 2. The highest BCUT2D eigenvalue weighted by Crippen LogP contribution is 2.36. The number of ether oxygens (including phenoxy) is 1. The molecule has 2 N–H and O–H groups in total. The zero-order chi connectivity index (χ0) is 18.1. The summed E-state index contributed by atoms with van der Waals surface area (Å²) in [5.74, 6) is 0.155. The second kappa shape index (κ2) is 6.89. The van der Waals surface area contributed by atoms with Gasteiger partial charge in [-0.3, -0.25) is 14.5 Å². The molecule has 1 spiro atoms. The Labute approximate surface area is 153 Å². The van der Waals surface area contributed by atoms with Crippen molar-refractivity contribution >= 4 is 23.2 Å². The average molecular weight is 358 g/mol. The van der Waals surface area contributed by atoms with Crippen molar-refractivity contribution in [2.75, 3.05) is 50.0 Å². The number of carbonyl (C=O) groups excluding carboxylic acids is 2. The zero-order valence-corrected chi connectivity index (χ0v) is 15.2. The maximum absolute atomic E-state index is 12.9. The third-order valence-corrected chi connectivity index (χ3v) is 5.86. The van der Waals surface area contributed by atoms with Crippen molar-refractivity contribution in [1.82, 2.24) is 9.80 Å². The van der Waals surface area contributed by atoms with E-state index >= 15 is 0 Å². The minimum Gasteiger partial charge on any atom is -0.379 e. The Morgan fingerprint density at radius 2 is 1.77 bits per heavy atom. The molecule has 26 heavy (non-hydrogen) atoms. The lowest BCUT2D eigenvalue weighted by atomic mass is 9.84. The van der Waals surface area contributed by atoms with Crippen molar-refractivity contribution in [2.24, 2.45) is 0 Å². The van der Waals surface area contributed by atoms with Gasteiger partial charge >= 0.3 is 0 Å². The Bertz CT molecular complexity index is 694. The summed E-state index contributed by atoms with van der Waals surface area (Å²) in [6, 6.07) is 7.61. The van der Waals surface area contributed by atoms with Crippen LogP contribution in [0.4, 0.5) is 11.4 Å². The molecule has 0 radical (unpaired) electrons. The minimum atomic E-state index is -0.618. The molecular formula is C19H26N4O3. The van der Waals surface area contributed by atoms with Gasteiger partial charge in [0.1, 0.15) is 5.54 Å². The molecule has 1 atom stereocenters. The third kappa shape index (κ3) is 3.05. The van der Waals surface area contributed by atoms with Crippen LogP contribution in [0.3, 0.4) is 0 Å². The first kappa shape index (κ1) is 17.3. The molecule has 0 aliphatic carbocycles. The Morgan fingerprint density at radius 1 is 1.12 bits per heavy atom. The molecule has 1 aromatic rings. The SMILES string of the molecule is C[C@H](C(=O)N1CCC2(CC1)Nc1ccccc1NC2=O)N1CCOCC1. The van der Waals surface area contributed by atoms with Crippen LogP contribution in [0.25, 0.3) is 0 Å². The zero-order valence-electron chi connectivity index (χ0n) is 15.2. The van der Waals surface area contributed by atoms with Crippen LogP contribution in [-0.2, 0) is 14.3 Å². The number of anilines is 2. The van der Waals surface area contributed by atoms with Gasteiger partial charge in [-0.05, 0) is 31.9 Å². The van der Waals surface area contributed by atoms with E-state index in [4.69, 9.17) is 4.74 Å². The molecule has 2 fully saturated rings. The van der Waals surface area contributed by atoms with Gasteiger partial charge in [-0.1, -0.05) is 12.1 Å². The largest absolute Gasteiger partial charge is 0.379 e. The predicted octanol–water partition coefficient (Wildman–Crippen LogP) is 1.13. The van der Waals surface area contributed by atoms with Crippen LogP contribution in [0.1, 0.15) is 19.8 Å². The summed E-state index contributed by atoms with van der Waals surface area (Å²) in [6.07, 6.45) is 1.24. The summed E-state index contributed by atoms with van der Waals surface area (Å²) in [5, 5.41) is 6.45. The number of fused-ring (bicyclic) bond motifs is 1. The normalized spacial score (nSPS) is 23.7. The maximum atomic E-state index is 12.9. The van der Waals surface area contributed by atoms with Crippen molar-refractivity contribution < 1.29 is 14.3 Å². The van der Waals surface area contributed by atoms with Gasteiger partial charge in [-0.15, -0.1) is 0 Å². The molecule has 3 heterocycles. The molecule has 4 rings (SSSR count). The quantitative estimate of drug-likeness (QED) is 0.829. The minimum absolute atomic E-state index is 0.00419. The lowest BCUT2D eigenvalue weighted by molar-refractivity contribution is -0.140. The van der Waals surface area contributed by atoms with Gasteiger partial charge in [-0.25, -0.2) is 0 Å². The van der Waals surface area contributed by atoms with E-state index in [1.807, 2.05) is 36.1 Å². The van der Waals surface area contributed by atoms with Crippen molar-refractivity contribution in [3.05, 3.63) is 24.3 Å².